The van der Waals surface area contributed by atoms with Crippen LogP contribution in [0.15, 0.2) is 42.6 Å². The van der Waals surface area contributed by atoms with Crippen molar-refractivity contribution in [2.45, 2.75) is 33.1 Å². The van der Waals surface area contributed by atoms with E-state index in [2.05, 4.69) is 32.0 Å². The molecule has 78 valence electrons. The minimum absolute atomic E-state index is 0.504. The lowest BCUT2D eigenvalue weighted by molar-refractivity contribution is 0.626. The maximum absolute atomic E-state index is 4.26. The molecule has 0 spiro atoms. The predicted octanol–water partition coefficient (Wildman–Crippen LogP) is 4.14. The maximum Gasteiger partial charge on any atom is 0.0431 e. The van der Waals surface area contributed by atoms with E-state index in [1.54, 1.807) is 12.3 Å². The maximum atomic E-state index is 4.26. The van der Waals surface area contributed by atoms with Crippen LogP contribution in [0.3, 0.4) is 0 Å². The molecule has 0 aromatic heterocycles. The van der Waals surface area contributed by atoms with E-state index in [1.165, 1.54) is 19.3 Å². The van der Waals surface area contributed by atoms with Gasteiger partial charge in [-0.2, -0.15) is 0 Å². The molecular weight excluding hydrogens is 170 g/mol. The molecule has 1 nitrogen and oxygen atoms in total. The molecule has 1 heteroatoms. The van der Waals surface area contributed by atoms with Crippen molar-refractivity contribution in [2.24, 2.45) is 10.9 Å². The Morgan fingerprint density at radius 3 is 2.64 bits per heavy atom. The van der Waals surface area contributed by atoms with Gasteiger partial charge in [-0.15, -0.1) is 0 Å². The Balaban J connectivity index is 4.32. The zero-order valence-electron chi connectivity index (χ0n) is 9.37. The number of rotatable bonds is 7. The van der Waals surface area contributed by atoms with E-state index >= 15 is 0 Å². The van der Waals surface area contributed by atoms with Gasteiger partial charge < -0.3 is 0 Å². The summed E-state index contributed by atoms with van der Waals surface area (Å²) in [6.45, 7) is 11.7. The summed E-state index contributed by atoms with van der Waals surface area (Å²) in [6, 6.07) is 0. The second-order valence-corrected chi connectivity index (χ2v) is 3.37. The Morgan fingerprint density at radius 1 is 1.43 bits per heavy atom. The van der Waals surface area contributed by atoms with Crippen LogP contribution in [0.5, 0.6) is 0 Å². The molecule has 14 heavy (non-hydrogen) atoms. The van der Waals surface area contributed by atoms with Gasteiger partial charge in [-0.25, -0.2) is 0 Å². The fourth-order valence-electron chi connectivity index (χ4n) is 1.26. The van der Waals surface area contributed by atoms with Crippen molar-refractivity contribution < 1.29 is 0 Å². The minimum atomic E-state index is 0.504. The van der Waals surface area contributed by atoms with Gasteiger partial charge in [0.05, 0.1) is 0 Å². The number of nitrogens with zero attached hydrogens (tertiary/aromatic N) is 1. The summed E-state index contributed by atoms with van der Waals surface area (Å²) in [5.41, 5.74) is 1.09. The lowest BCUT2D eigenvalue weighted by Crippen LogP contribution is -2.07. The van der Waals surface area contributed by atoms with Crippen molar-refractivity contribution in [1.29, 1.82) is 0 Å². The second kappa shape index (κ2) is 8.49. The average molecular weight is 191 g/mol. The van der Waals surface area contributed by atoms with Gasteiger partial charge in [0.25, 0.3) is 0 Å². The average Bonchev–Trinajstić information content (AvgIpc) is 2.20. The first kappa shape index (κ1) is 12.9. The molecule has 0 saturated heterocycles. The Hall–Kier alpha value is -1.11. The van der Waals surface area contributed by atoms with Crippen molar-refractivity contribution in [3.05, 3.63) is 37.6 Å². The van der Waals surface area contributed by atoms with Gasteiger partial charge in [0.2, 0.25) is 0 Å². The van der Waals surface area contributed by atoms with E-state index in [0.29, 0.717) is 5.92 Å². The lowest BCUT2D eigenvalue weighted by Gasteiger charge is -2.09. The van der Waals surface area contributed by atoms with Gasteiger partial charge in [-0.1, -0.05) is 52.0 Å². The Kier molecular flexibility index (Phi) is 7.81. The van der Waals surface area contributed by atoms with Crippen molar-refractivity contribution in [3.63, 3.8) is 0 Å². The highest BCUT2D eigenvalue weighted by molar-refractivity contribution is 5.97. The standard InChI is InChI=1S/C13H21N/c1-5-8-10-12(4)13(14-7-3)11-9-6-2/h6-7,9,11-12H,2-3,5,8,10H2,1,4H3/b11-9-,14-13?. The van der Waals surface area contributed by atoms with Crippen molar-refractivity contribution in [1.82, 2.24) is 0 Å². The first-order valence-electron chi connectivity index (χ1n) is 5.24. The van der Waals surface area contributed by atoms with Crippen molar-refractivity contribution >= 4 is 5.71 Å². The molecule has 0 heterocycles. The SMILES string of the molecule is C=C/C=C\C(=NC=C)C(C)CCCC. The summed E-state index contributed by atoms with van der Waals surface area (Å²) < 4.78 is 0. The normalized spacial score (nSPS) is 14.3. The number of allylic oxidation sites excluding steroid dienone is 3. The van der Waals surface area contributed by atoms with Gasteiger partial charge in [0, 0.05) is 11.9 Å². The molecule has 0 aliphatic rings. The fourth-order valence-corrected chi connectivity index (χ4v) is 1.26. The molecule has 0 aliphatic heterocycles. The summed E-state index contributed by atoms with van der Waals surface area (Å²) in [6.07, 6.45) is 11.0. The van der Waals surface area contributed by atoms with Crippen LogP contribution in [0, 0.1) is 5.92 Å². The summed E-state index contributed by atoms with van der Waals surface area (Å²) in [5, 5.41) is 0. The summed E-state index contributed by atoms with van der Waals surface area (Å²) in [5.74, 6) is 0.504. The lowest BCUT2D eigenvalue weighted by atomic mass is 9.98. The quantitative estimate of drug-likeness (QED) is 0.423. The van der Waals surface area contributed by atoms with E-state index in [9.17, 15) is 0 Å². The molecule has 0 N–H and O–H groups in total. The fraction of sp³-hybridized carbons (Fsp3) is 0.462. The van der Waals surface area contributed by atoms with Gasteiger partial charge >= 0.3 is 0 Å². The molecule has 0 fully saturated rings. The van der Waals surface area contributed by atoms with E-state index in [-0.39, 0.29) is 0 Å². The monoisotopic (exact) mass is 191 g/mol. The van der Waals surface area contributed by atoms with Crippen LogP contribution in [-0.2, 0) is 0 Å². The molecule has 1 unspecified atom stereocenters. The Morgan fingerprint density at radius 2 is 2.14 bits per heavy atom. The molecule has 0 rings (SSSR count). The van der Waals surface area contributed by atoms with E-state index in [0.717, 1.165) is 5.71 Å². The number of hydrogen-bond acceptors (Lipinski definition) is 1. The summed E-state index contributed by atoms with van der Waals surface area (Å²) in [4.78, 5) is 4.26. The Bertz CT molecular complexity index is 223. The smallest absolute Gasteiger partial charge is 0.0431 e. The topological polar surface area (TPSA) is 12.4 Å². The van der Waals surface area contributed by atoms with Crippen LogP contribution in [0.25, 0.3) is 0 Å². The van der Waals surface area contributed by atoms with E-state index < -0.39 is 0 Å². The first-order valence-corrected chi connectivity index (χ1v) is 5.24. The van der Waals surface area contributed by atoms with Crippen LogP contribution in [0.1, 0.15) is 33.1 Å². The summed E-state index contributed by atoms with van der Waals surface area (Å²) in [7, 11) is 0. The first-order chi connectivity index (χ1) is 6.76. The zero-order valence-corrected chi connectivity index (χ0v) is 9.37. The molecule has 0 aromatic rings. The third-order valence-electron chi connectivity index (χ3n) is 2.14. The molecule has 0 amide bonds. The van der Waals surface area contributed by atoms with E-state index in [1.807, 2.05) is 12.2 Å². The predicted molar refractivity (Wildman–Crippen MR) is 65.7 cm³/mol. The van der Waals surface area contributed by atoms with Crippen LogP contribution >= 0.6 is 0 Å². The molecule has 0 aromatic carbocycles. The number of unbranched alkanes of at least 4 members (excludes halogenated alkanes) is 1. The molecule has 1 atom stereocenters. The van der Waals surface area contributed by atoms with Gasteiger partial charge in [0.1, 0.15) is 0 Å². The van der Waals surface area contributed by atoms with E-state index in [4.69, 9.17) is 0 Å². The highest BCUT2D eigenvalue weighted by Gasteiger charge is 2.05. The highest BCUT2D eigenvalue weighted by Crippen LogP contribution is 2.11. The highest BCUT2D eigenvalue weighted by atomic mass is 14.7. The van der Waals surface area contributed by atoms with Crippen LogP contribution in [-0.4, -0.2) is 5.71 Å². The largest absolute Gasteiger partial charge is 0.262 e. The van der Waals surface area contributed by atoms with Gasteiger partial charge in [-0.3, -0.25) is 4.99 Å². The Labute approximate surface area is 87.9 Å². The summed E-state index contributed by atoms with van der Waals surface area (Å²) >= 11 is 0. The third-order valence-corrected chi connectivity index (χ3v) is 2.14. The molecule has 0 radical (unpaired) electrons. The van der Waals surface area contributed by atoms with Crippen molar-refractivity contribution in [2.75, 3.05) is 0 Å². The molecule has 0 saturated carbocycles. The van der Waals surface area contributed by atoms with Crippen LogP contribution in [0.2, 0.25) is 0 Å². The minimum Gasteiger partial charge on any atom is -0.262 e. The van der Waals surface area contributed by atoms with Crippen LogP contribution < -0.4 is 0 Å². The molecular formula is C13H21N. The molecule has 0 bridgehead atoms. The number of aliphatic imine (C=N–C) groups is 1. The van der Waals surface area contributed by atoms with Gasteiger partial charge in [0.15, 0.2) is 0 Å². The van der Waals surface area contributed by atoms with Crippen molar-refractivity contribution in [3.8, 4) is 0 Å². The van der Waals surface area contributed by atoms with Gasteiger partial charge in [-0.05, 0) is 18.4 Å². The molecule has 0 aliphatic carbocycles. The second-order valence-electron chi connectivity index (χ2n) is 3.37. The zero-order chi connectivity index (χ0) is 10.8. The third kappa shape index (κ3) is 5.52. The van der Waals surface area contributed by atoms with Crippen LogP contribution in [0.4, 0.5) is 0 Å². The number of hydrogen-bond donors (Lipinski definition) is 0.